The van der Waals surface area contributed by atoms with Crippen molar-refractivity contribution >= 4 is 17.9 Å². The van der Waals surface area contributed by atoms with E-state index < -0.39 is 6.10 Å². The highest BCUT2D eigenvalue weighted by atomic mass is 16.6. The van der Waals surface area contributed by atoms with Gasteiger partial charge < -0.3 is 14.2 Å². The number of rotatable bonds is 39. The molecule has 0 amide bonds. The molecule has 0 aromatic heterocycles. The van der Waals surface area contributed by atoms with Gasteiger partial charge >= 0.3 is 17.9 Å². The molecule has 0 bridgehead atoms. The third-order valence-electron chi connectivity index (χ3n) is 8.96. The Morgan fingerprint density at radius 3 is 1.08 bits per heavy atom. The number of esters is 3. The summed E-state index contributed by atoms with van der Waals surface area (Å²) >= 11 is 0. The second kappa shape index (κ2) is 46.5. The summed E-state index contributed by atoms with van der Waals surface area (Å²) in [5.41, 5.74) is 0. The van der Waals surface area contributed by atoms with Crippen molar-refractivity contribution in [2.24, 2.45) is 0 Å². The fourth-order valence-corrected chi connectivity index (χ4v) is 5.60. The molecule has 0 saturated heterocycles. The summed E-state index contributed by atoms with van der Waals surface area (Å²) in [5, 5.41) is 0. The van der Waals surface area contributed by atoms with Crippen molar-refractivity contribution < 1.29 is 28.6 Å². The Hall–Kier alpha value is -4.19. The monoisotopic (exact) mass is 815 g/mol. The maximum absolute atomic E-state index is 12.7. The standard InChI is InChI=1S/C53H82O6/c1-4-7-10-13-16-19-21-23-25-27-29-31-34-37-40-43-46-52(55)58-49-50(48-57-51(54)45-42-39-36-33-18-15-12-9-6-3)59-53(56)47-44-41-38-35-32-30-28-26-24-22-20-17-14-11-8-5-2/h7-12,16-20,23-26,29,31,33,37,40,50H,4-6,13-15,21-22,27-28,30,32,34-36,38-39,41-49H2,1-3H3/b10-7-,11-8-,12-9-,19-16-,20-17-,25-23-,26-24-,31-29-,33-18-,40-37-. The fourth-order valence-electron chi connectivity index (χ4n) is 5.60. The van der Waals surface area contributed by atoms with E-state index in [1.54, 1.807) is 0 Å². The van der Waals surface area contributed by atoms with Gasteiger partial charge in [-0.1, -0.05) is 168 Å². The zero-order chi connectivity index (χ0) is 43.0. The van der Waals surface area contributed by atoms with Crippen LogP contribution >= 0.6 is 0 Å². The summed E-state index contributed by atoms with van der Waals surface area (Å²) in [6.07, 6.45) is 63.5. The van der Waals surface area contributed by atoms with Gasteiger partial charge in [-0.05, 0) is 109 Å². The van der Waals surface area contributed by atoms with Crippen LogP contribution in [0, 0.1) is 0 Å². The summed E-state index contributed by atoms with van der Waals surface area (Å²) < 4.78 is 16.6. The van der Waals surface area contributed by atoms with Gasteiger partial charge in [-0.3, -0.25) is 14.4 Å². The van der Waals surface area contributed by atoms with E-state index in [0.29, 0.717) is 12.8 Å². The number of carbonyl (C=O) groups is 3. The molecule has 0 saturated carbocycles. The van der Waals surface area contributed by atoms with Gasteiger partial charge in [0.15, 0.2) is 6.10 Å². The average molecular weight is 815 g/mol. The number of ether oxygens (including phenoxy) is 3. The molecule has 0 aliphatic rings. The summed E-state index contributed by atoms with van der Waals surface area (Å²) in [5.74, 6) is -1.07. The Morgan fingerprint density at radius 1 is 0.339 bits per heavy atom. The Morgan fingerprint density at radius 2 is 0.644 bits per heavy atom. The summed E-state index contributed by atoms with van der Waals surface area (Å²) in [6.45, 7) is 6.14. The first-order valence-corrected chi connectivity index (χ1v) is 23.0. The van der Waals surface area contributed by atoms with Crippen LogP contribution in [0.1, 0.15) is 175 Å². The first-order chi connectivity index (χ1) is 29.0. The van der Waals surface area contributed by atoms with Crippen LogP contribution in [0.25, 0.3) is 0 Å². The summed E-state index contributed by atoms with van der Waals surface area (Å²) in [4.78, 5) is 37.7. The van der Waals surface area contributed by atoms with Crippen molar-refractivity contribution in [1.29, 1.82) is 0 Å². The SMILES string of the molecule is CC/C=C\C/C=C\C/C=C\C/C=C\C/C=C\CCC(=O)OCC(COC(=O)CCCC/C=C\C/C=C\CC)OC(=O)CCCCCCCC/C=C\C/C=C\C/C=C\CC. The van der Waals surface area contributed by atoms with Gasteiger partial charge in [-0.2, -0.15) is 0 Å². The lowest BCUT2D eigenvalue weighted by atomic mass is 10.1. The first-order valence-electron chi connectivity index (χ1n) is 23.0. The van der Waals surface area contributed by atoms with E-state index in [2.05, 4.69) is 130 Å². The van der Waals surface area contributed by atoms with Gasteiger partial charge in [-0.15, -0.1) is 0 Å². The molecule has 1 atom stereocenters. The maximum Gasteiger partial charge on any atom is 0.306 e. The van der Waals surface area contributed by atoms with Crippen LogP contribution in [-0.4, -0.2) is 37.2 Å². The van der Waals surface area contributed by atoms with E-state index in [0.717, 1.165) is 116 Å². The van der Waals surface area contributed by atoms with Gasteiger partial charge in [0.1, 0.15) is 13.2 Å². The van der Waals surface area contributed by atoms with Crippen molar-refractivity contribution in [2.45, 2.75) is 181 Å². The number of carbonyl (C=O) groups excluding carboxylic acids is 3. The van der Waals surface area contributed by atoms with Crippen molar-refractivity contribution in [2.75, 3.05) is 13.2 Å². The number of hydrogen-bond acceptors (Lipinski definition) is 6. The fraction of sp³-hybridized carbons (Fsp3) is 0.566. The van der Waals surface area contributed by atoms with Crippen molar-refractivity contribution in [3.8, 4) is 0 Å². The minimum absolute atomic E-state index is 0.128. The Labute approximate surface area is 361 Å². The second-order valence-corrected chi connectivity index (χ2v) is 14.5. The molecule has 0 aliphatic carbocycles. The molecule has 59 heavy (non-hydrogen) atoms. The highest BCUT2D eigenvalue weighted by Crippen LogP contribution is 2.12. The third-order valence-corrected chi connectivity index (χ3v) is 8.96. The number of allylic oxidation sites excluding steroid dienone is 20. The molecular weight excluding hydrogens is 733 g/mol. The molecule has 0 aromatic carbocycles. The molecule has 0 aromatic rings. The smallest absolute Gasteiger partial charge is 0.306 e. The number of hydrogen-bond donors (Lipinski definition) is 0. The predicted octanol–water partition coefficient (Wildman–Crippen LogP) is 15.0. The molecule has 6 heteroatoms. The molecule has 0 N–H and O–H groups in total. The molecule has 6 nitrogen and oxygen atoms in total. The second-order valence-electron chi connectivity index (χ2n) is 14.5. The molecule has 0 fully saturated rings. The quantitative estimate of drug-likeness (QED) is 0.0266. The summed E-state index contributed by atoms with van der Waals surface area (Å²) in [6, 6.07) is 0. The molecule has 0 spiro atoms. The Balaban J connectivity index is 4.54. The average Bonchev–Trinajstić information content (AvgIpc) is 3.23. The lowest BCUT2D eigenvalue weighted by Crippen LogP contribution is -2.30. The lowest BCUT2D eigenvalue weighted by molar-refractivity contribution is -0.166. The van der Waals surface area contributed by atoms with E-state index in [4.69, 9.17) is 14.2 Å². The Bertz CT molecular complexity index is 1300. The van der Waals surface area contributed by atoms with Crippen LogP contribution < -0.4 is 0 Å². The van der Waals surface area contributed by atoms with Crippen LogP contribution in [0.15, 0.2) is 122 Å². The Kier molecular flexibility index (Phi) is 43.2. The van der Waals surface area contributed by atoms with Gasteiger partial charge in [0.05, 0.1) is 0 Å². The third kappa shape index (κ3) is 44.8. The van der Waals surface area contributed by atoms with Crippen LogP contribution in [0.2, 0.25) is 0 Å². The zero-order valence-corrected chi connectivity index (χ0v) is 37.5. The normalized spacial score (nSPS) is 13.2. The van der Waals surface area contributed by atoms with Crippen molar-refractivity contribution in [3.63, 3.8) is 0 Å². The molecule has 0 aliphatic heterocycles. The van der Waals surface area contributed by atoms with E-state index in [1.807, 2.05) is 12.2 Å². The molecule has 330 valence electrons. The van der Waals surface area contributed by atoms with Crippen LogP contribution in [0.5, 0.6) is 0 Å². The van der Waals surface area contributed by atoms with Crippen LogP contribution in [0.3, 0.4) is 0 Å². The number of unbranched alkanes of at least 4 members (excludes halogenated alkanes) is 8. The highest BCUT2D eigenvalue weighted by Gasteiger charge is 2.19. The predicted molar refractivity (Wildman–Crippen MR) is 251 cm³/mol. The van der Waals surface area contributed by atoms with Gasteiger partial charge in [0, 0.05) is 19.3 Å². The van der Waals surface area contributed by atoms with Crippen molar-refractivity contribution in [3.05, 3.63) is 122 Å². The molecule has 0 heterocycles. The van der Waals surface area contributed by atoms with Crippen LogP contribution in [-0.2, 0) is 28.6 Å². The highest BCUT2D eigenvalue weighted by molar-refractivity contribution is 5.71. The zero-order valence-electron chi connectivity index (χ0n) is 37.5. The minimum atomic E-state index is -0.829. The van der Waals surface area contributed by atoms with Crippen molar-refractivity contribution in [1.82, 2.24) is 0 Å². The molecule has 0 rings (SSSR count). The molecule has 1 unspecified atom stereocenters. The van der Waals surface area contributed by atoms with Crippen LogP contribution in [0.4, 0.5) is 0 Å². The lowest BCUT2D eigenvalue weighted by Gasteiger charge is -2.18. The topological polar surface area (TPSA) is 78.9 Å². The van der Waals surface area contributed by atoms with Gasteiger partial charge in [0.2, 0.25) is 0 Å². The van der Waals surface area contributed by atoms with Gasteiger partial charge in [-0.25, -0.2) is 0 Å². The maximum atomic E-state index is 12.7. The van der Waals surface area contributed by atoms with E-state index in [-0.39, 0.29) is 44.0 Å². The molecule has 0 radical (unpaired) electrons. The van der Waals surface area contributed by atoms with E-state index in [1.165, 1.54) is 12.8 Å². The summed E-state index contributed by atoms with van der Waals surface area (Å²) in [7, 11) is 0. The first kappa shape index (κ1) is 54.8. The van der Waals surface area contributed by atoms with E-state index in [9.17, 15) is 14.4 Å². The minimum Gasteiger partial charge on any atom is -0.462 e. The molecular formula is C53H82O6. The van der Waals surface area contributed by atoms with Gasteiger partial charge in [0.25, 0.3) is 0 Å². The largest absolute Gasteiger partial charge is 0.462 e. The van der Waals surface area contributed by atoms with E-state index >= 15 is 0 Å².